The zero-order valence-corrected chi connectivity index (χ0v) is 21.5. The van der Waals surface area contributed by atoms with Crippen LogP contribution in [-0.2, 0) is 28.6 Å². The number of carbonyl (C=O) groups is 3. The Morgan fingerprint density at radius 3 is 2.30 bits per heavy atom. The summed E-state index contributed by atoms with van der Waals surface area (Å²) in [7, 11) is 0. The lowest BCUT2D eigenvalue weighted by Gasteiger charge is -2.67. The standard InChI is InChI=1S/C26H38O11/c1-9-5-13(35-24-21(33)19(31)18(30)14(8-27)36-24)23(34)26(4)11(9)6-15-25(3)12(7-16(28)37-15)10(2)17(29)20(32)22(25)26/h9-15,18-22,24,27,30-33H,5-8H2,1-4H3/t9-,10-,11-,12+,13+,14+,15-,18-,19-,20-,21-,22+,24+,25-,26+/m1/s1. The van der Waals surface area contributed by atoms with Gasteiger partial charge < -0.3 is 39.7 Å². The van der Waals surface area contributed by atoms with Gasteiger partial charge in [-0.05, 0) is 30.6 Å². The van der Waals surface area contributed by atoms with Gasteiger partial charge in [0, 0.05) is 29.1 Å². The summed E-state index contributed by atoms with van der Waals surface area (Å²) in [6.45, 7) is 6.69. The zero-order valence-electron chi connectivity index (χ0n) is 21.5. The van der Waals surface area contributed by atoms with E-state index in [1.807, 2.05) is 13.8 Å². The number of hydrogen-bond acceptors (Lipinski definition) is 11. The van der Waals surface area contributed by atoms with Crippen molar-refractivity contribution in [3.05, 3.63) is 0 Å². The highest BCUT2D eigenvalue weighted by Crippen LogP contribution is 2.67. The third kappa shape index (κ3) is 3.62. The van der Waals surface area contributed by atoms with Crippen molar-refractivity contribution in [2.24, 2.45) is 40.4 Å². The number of hydrogen-bond donors (Lipinski definition) is 5. The number of ketones is 2. The minimum absolute atomic E-state index is 0.0401. The largest absolute Gasteiger partial charge is 0.462 e. The van der Waals surface area contributed by atoms with Crippen molar-refractivity contribution in [3.8, 4) is 0 Å². The lowest BCUT2D eigenvalue weighted by atomic mass is 9.37. The maximum atomic E-state index is 14.3. The molecule has 0 aromatic carbocycles. The van der Waals surface area contributed by atoms with E-state index < -0.39 is 78.3 Å². The van der Waals surface area contributed by atoms with Gasteiger partial charge >= 0.3 is 5.97 Å². The van der Waals surface area contributed by atoms with Crippen LogP contribution in [0.5, 0.6) is 0 Å². The second kappa shape index (κ2) is 9.04. The van der Waals surface area contributed by atoms with Crippen LogP contribution in [0.1, 0.15) is 47.0 Å². The molecular weight excluding hydrogens is 488 g/mol. The molecule has 3 saturated carbocycles. The molecule has 2 saturated heterocycles. The number of rotatable bonds is 3. The highest BCUT2D eigenvalue weighted by molar-refractivity contribution is 5.94. The molecule has 0 aromatic heterocycles. The molecule has 0 amide bonds. The Balaban J connectivity index is 1.51. The first-order chi connectivity index (χ1) is 17.3. The minimum Gasteiger partial charge on any atom is -0.462 e. The molecule has 0 spiro atoms. The van der Waals surface area contributed by atoms with Crippen molar-refractivity contribution < 1.29 is 54.1 Å². The molecule has 11 heteroatoms. The topological polar surface area (TPSA) is 180 Å². The van der Waals surface area contributed by atoms with Gasteiger partial charge in [0.05, 0.1) is 6.61 Å². The van der Waals surface area contributed by atoms with Crippen LogP contribution in [0.15, 0.2) is 0 Å². The maximum Gasteiger partial charge on any atom is 0.306 e. The molecule has 208 valence electrons. The first-order valence-electron chi connectivity index (χ1n) is 13.2. The molecular formula is C26H38O11. The molecule has 3 aliphatic carbocycles. The second-order valence-corrected chi connectivity index (χ2v) is 12.3. The van der Waals surface area contributed by atoms with Crippen LogP contribution in [-0.4, -0.2) is 98.7 Å². The Labute approximate surface area is 215 Å². The van der Waals surface area contributed by atoms with Crippen LogP contribution in [0.2, 0.25) is 0 Å². The van der Waals surface area contributed by atoms with E-state index >= 15 is 0 Å². The Kier molecular flexibility index (Phi) is 6.62. The van der Waals surface area contributed by atoms with E-state index in [2.05, 4.69) is 0 Å². The van der Waals surface area contributed by atoms with E-state index in [1.165, 1.54) is 0 Å². The van der Waals surface area contributed by atoms with Gasteiger partial charge in [0.25, 0.3) is 0 Å². The van der Waals surface area contributed by atoms with E-state index in [0.717, 1.165) is 0 Å². The molecule has 2 aliphatic heterocycles. The van der Waals surface area contributed by atoms with Crippen LogP contribution in [0, 0.1) is 40.4 Å². The molecule has 37 heavy (non-hydrogen) atoms. The molecule has 0 radical (unpaired) electrons. The average molecular weight is 527 g/mol. The van der Waals surface area contributed by atoms with Crippen molar-refractivity contribution in [2.75, 3.05) is 6.61 Å². The van der Waals surface area contributed by atoms with Crippen molar-refractivity contribution >= 4 is 17.5 Å². The van der Waals surface area contributed by atoms with Crippen molar-refractivity contribution in [3.63, 3.8) is 0 Å². The Hall–Kier alpha value is -1.47. The summed E-state index contributed by atoms with van der Waals surface area (Å²) in [5, 5.41) is 51.6. The summed E-state index contributed by atoms with van der Waals surface area (Å²) >= 11 is 0. The van der Waals surface area contributed by atoms with Crippen LogP contribution < -0.4 is 0 Å². The fourth-order valence-corrected chi connectivity index (χ4v) is 8.65. The zero-order chi connectivity index (χ0) is 27.2. The number of aliphatic hydroxyl groups excluding tert-OH is 5. The summed E-state index contributed by atoms with van der Waals surface area (Å²) in [4.78, 5) is 40.0. The van der Waals surface area contributed by atoms with Crippen LogP contribution in [0.4, 0.5) is 0 Å². The van der Waals surface area contributed by atoms with Crippen molar-refractivity contribution in [1.82, 2.24) is 0 Å². The van der Waals surface area contributed by atoms with Gasteiger partial charge in [-0.1, -0.05) is 27.7 Å². The van der Waals surface area contributed by atoms with E-state index in [1.54, 1.807) is 13.8 Å². The van der Waals surface area contributed by atoms with Crippen LogP contribution >= 0.6 is 0 Å². The molecule has 15 atom stereocenters. The molecule has 0 aromatic rings. The molecule has 5 aliphatic rings. The summed E-state index contributed by atoms with van der Waals surface area (Å²) in [5.41, 5.74) is -2.02. The van der Waals surface area contributed by atoms with Gasteiger partial charge in [-0.3, -0.25) is 14.4 Å². The van der Waals surface area contributed by atoms with Crippen LogP contribution in [0.25, 0.3) is 0 Å². The van der Waals surface area contributed by atoms with Crippen molar-refractivity contribution in [2.45, 2.75) is 96.0 Å². The van der Waals surface area contributed by atoms with Gasteiger partial charge in [0.1, 0.15) is 42.7 Å². The summed E-state index contributed by atoms with van der Waals surface area (Å²) < 4.78 is 17.3. The average Bonchev–Trinajstić information content (AvgIpc) is 2.85. The number of aliphatic hydroxyl groups is 5. The Bertz CT molecular complexity index is 968. The number of ether oxygens (including phenoxy) is 3. The Morgan fingerprint density at radius 1 is 0.973 bits per heavy atom. The monoisotopic (exact) mass is 526 g/mol. The Morgan fingerprint density at radius 2 is 1.65 bits per heavy atom. The number of esters is 1. The smallest absolute Gasteiger partial charge is 0.306 e. The predicted molar refractivity (Wildman–Crippen MR) is 123 cm³/mol. The van der Waals surface area contributed by atoms with Gasteiger partial charge in [0.2, 0.25) is 0 Å². The highest BCUT2D eigenvalue weighted by atomic mass is 16.7. The third-order valence-electron chi connectivity index (χ3n) is 10.6. The van der Waals surface area contributed by atoms with Gasteiger partial charge in [-0.15, -0.1) is 0 Å². The van der Waals surface area contributed by atoms with Gasteiger partial charge in [-0.25, -0.2) is 0 Å². The highest BCUT2D eigenvalue weighted by Gasteiger charge is 2.73. The molecule has 11 nitrogen and oxygen atoms in total. The minimum atomic E-state index is -1.66. The molecule has 5 N–H and O–H groups in total. The molecule has 5 fully saturated rings. The molecule has 0 bridgehead atoms. The number of fused-ring (bicyclic) bond motifs is 2. The molecule has 0 unspecified atom stereocenters. The van der Waals surface area contributed by atoms with E-state index in [-0.39, 0.29) is 48.1 Å². The summed E-state index contributed by atoms with van der Waals surface area (Å²) in [5.74, 6) is -3.33. The third-order valence-corrected chi connectivity index (χ3v) is 10.6. The molecule has 5 rings (SSSR count). The lowest BCUT2D eigenvalue weighted by molar-refractivity contribution is -0.315. The van der Waals surface area contributed by atoms with Gasteiger partial charge in [-0.2, -0.15) is 0 Å². The van der Waals surface area contributed by atoms with E-state index in [0.29, 0.717) is 6.42 Å². The van der Waals surface area contributed by atoms with Crippen LogP contribution in [0.3, 0.4) is 0 Å². The lowest BCUT2D eigenvalue weighted by Crippen LogP contribution is -2.74. The fraction of sp³-hybridized carbons (Fsp3) is 0.885. The normalized spacial score (nSPS) is 55.8. The fourth-order valence-electron chi connectivity index (χ4n) is 8.65. The van der Waals surface area contributed by atoms with E-state index in [9.17, 15) is 39.9 Å². The van der Waals surface area contributed by atoms with E-state index in [4.69, 9.17) is 14.2 Å². The predicted octanol–water partition coefficient (Wildman–Crippen LogP) is -1.06. The number of Topliss-reactive ketones (excluding diaryl/α,β-unsaturated/α-hetero) is 2. The SMILES string of the molecule is C[C@@H]1C[C@H](O[C@H]2O[C@@H](CO)[C@@H](O)[C@@H](O)[C@H]2O)C(=O)[C@@]2(C)[C@@H]1C[C@H]1OC(=O)C[C@H]3[C@@H](C)C(=O)[C@@H](O)[C@H]2[C@@]13C. The molecule has 2 heterocycles. The quantitative estimate of drug-likeness (QED) is 0.223. The second-order valence-electron chi connectivity index (χ2n) is 12.3. The maximum absolute atomic E-state index is 14.3. The first kappa shape index (κ1) is 27.1. The van der Waals surface area contributed by atoms with Gasteiger partial charge in [0.15, 0.2) is 17.9 Å². The summed E-state index contributed by atoms with van der Waals surface area (Å²) in [6, 6.07) is 0. The van der Waals surface area contributed by atoms with Crippen molar-refractivity contribution in [1.29, 1.82) is 0 Å². The summed E-state index contributed by atoms with van der Waals surface area (Å²) in [6.07, 6.45) is -9.90. The first-order valence-corrected chi connectivity index (χ1v) is 13.2. The number of carbonyl (C=O) groups excluding carboxylic acids is 3.